The Hall–Kier alpha value is -4.45. The molecule has 0 bridgehead atoms. The first-order chi connectivity index (χ1) is 19.2. The summed E-state index contributed by atoms with van der Waals surface area (Å²) in [5.41, 5.74) is 0.728. The lowest BCUT2D eigenvalue weighted by atomic mass is 10.1. The number of halogens is 3. The molecule has 1 unspecified atom stereocenters. The summed E-state index contributed by atoms with van der Waals surface area (Å²) in [4.78, 5) is 36.4. The Balaban J connectivity index is 1.51. The van der Waals surface area contributed by atoms with Crippen molar-refractivity contribution in [3.8, 4) is 11.4 Å². The molecule has 9 nitrogen and oxygen atoms in total. The monoisotopic (exact) mass is 548 g/mol. The predicted molar refractivity (Wildman–Crippen MR) is 148 cm³/mol. The number of hydrogen-bond acceptors (Lipinski definition) is 7. The number of aromatic nitrogens is 5. The number of likely N-dealkylation sites (N-methyl/N-ethyl adjacent to an activating group) is 1. The van der Waals surface area contributed by atoms with Gasteiger partial charge in [-0.3, -0.25) is 4.79 Å². The van der Waals surface area contributed by atoms with Crippen molar-refractivity contribution < 1.29 is 13.2 Å². The van der Waals surface area contributed by atoms with Crippen LogP contribution in [0.4, 0.5) is 24.5 Å². The lowest BCUT2D eigenvalue weighted by Crippen LogP contribution is -2.45. The average Bonchev–Trinajstić information content (AvgIpc) is 3.35. The van der Waals surface area contributed by atoms with Crippen molar-refractivity contribution in [2.75, 3.05) is 43.4 Å². The van der Waals surface area contributed by atoms with Crippen LogP contribution in [0.5, 0.6) is 0 Å². The smallest absolute Gasteiger partial charge is 0.374 e. The Morgan fingerprint density at radius 3 is 2.42 bits per heavy atom. The number of hydrogen-bond donors (Lipinski definition) is 3. The minimum atomic E-state index is -4.57. The molecule has 40 heavy (non-hydrogen) atoms. The lowest BCUT2D eigenvalue weighted by molar-refractivity contribution is -0.137. The van der Waals surface area contributed by atoms with Gasteiger partial charge in [0.2, 0.25) is 0 Å². The second-order valence-electron chi connectivity index (χ2n) is 9.98. The normalized spacial score (nSPS) is 15.6. The Bertz CT molecular complexity index is 1740. The Labute approximate surface area is 227 Å². The molecule has 6 rings (SSSR count). The highest BCUT2D eigenvalue weighted by atomic mass is 19.4. The topological polar surface area (TPSA) is 106 Å². The third kappa shape index (κ3) is 4.75. The number of nitrogens with one attached hydrogen (secondary N) is 3. The summed E-state index contributed by atoms with van der Waals surface area (Å²) in [6.07, 6.45) is -1.30. The van der Waals surface area contributed by atoms with Crippen molar-refractivity contribution >= 4 is 33.3 Å². The zero-order valence-corrected chi connectivity index (χ0v) is 21.9. The maximum absolute atomic E-state index is 14.2. The van der Waals surface area contributed by atoms with E-state index in [0.717, 1.165) is 11.5 Å². The fourth-order valence-electron chi connectivity index (χ4n) is 5.13. The zero-order chi connectivity index (χ0) is 28.0. The first kappa shape index (κ1) is 25.8. The van der Waals surface area contributed by atoms with Gasteiger partial charge in [0.15, 0.2) is 0 Å². The maximum Gasteiger partial charge on any atom is 0.418 e. The van der Waals surface area contributed by atoms with Gasteiger partial charge in [-0.2, -0.15) is 13.2 Å². The molecule has 0 amide bonds. The lowest BCUT2D eigenvalue weighted by Gasteiger charge is -2.35. The van der Waals surface area contributed by atoms with Crippen LogP contribution in [0.15, 0.2) is 59.7 Å². The standard InChI is InChI=1S/C28H27F3N8O/c1-16(25-32-8-5-9-33-25)34-24-17-6-3-4-7-19(17)37-27(40)23(24)26-35-20-14-18(28(29,30)31)22(15-21(20)36-26)39-12-10-38(2)11-13-39/h3-9,14-16H,10-13H2,1-2H3,(H,35,36)(H2,34,37,40). The molecule has 1 atom stereocenters. The number of alkyl halides is 3. The van der Waals surface area contributed by atoms with Gasteiger partial charge in [-0.25, -0.2) is 15.0 Å². The van der Waals surface area contributed by atoms with E-state index in [0.29, 0.717) is 48.7 Å². The number of benzene rings is 2. The maximum atomic E-state index is 14.2. The van der Waals surface area contributed by atoms with Gasteiger partial charge in [0.05, 0.1) is 39.5 Å². The number of piperazine rings is 1. The molecule has 4 heterocycles. The summed E-state index contributed by atoms with van der Waals surface area (Å²) in [7, 11) is 1.95. The van der Waals surface area contributed by atoms with Crippen molar-refractivity contribution in [3.63, 3.8) is 0 Å². The van der Waals surface area contributed by atoms with Crippen LogP contribution in [-0.2, 0) is 6.18 Å². The third-order valence-electron chi connectivity index (χ3n) is 7.24. The molecule has 3 aromatic heterocycles. The van der Waals surface area contributed by atoms with Crippen LogP contribution >= 0.6 is 0 Å². The SMILES string of the molecule is CC(Nc1c(-c2nc3cc(C(F)(F)F)c(N4CCN(C)CC4)cc3[nH]2)c(=O)[nH]c2ccccc12)c1ncccn1. The van der Waals surface area contributed by atoms with Crippen LogP contribution in [-0.4, -0.2) is 63.0 Å². The van der Waals surface area contributed by atoms with E-state index in [1.54, 1.807) is 29.4 Å². The number of H-pyrrole nitrogens is 2. The van der Waals surface area contributed by atoms with Gasteiger partial charge in [0.1, 0.15) is 17.2 Å². The summed E-state index contributed by atoms with van der Waals surface area (Å²) < 4.78 is 42.6. The summed E-state index contributed by atoms with van der Waals surface area (Å²) in [5.74, 6) is 0.684. The van der Waals surface area contributed by atoms with E-state index in [1.165, 1.54) is 6.07 Å². The number of rotatable bonds is 5. The van der Waals surface area contributed by atoms with Gasteiger partial charge in [-0.1, -0.05) is 18.2 Å². The van der Waals surface area contributed by atoms with E-state index < -0.39 is 17.3 Å². The van der Waals surface area contributed by atoms with E-state index in [9.17, 15) is 18.0 Å². The second kappa shape index (κ2) is 9.94. The molecule has 1 aliphatic rings. The van der Waals surface area contributed by atoms with E-state index >= 15 is 0 Å². The summed E-state index contributed by atoms with van der Waals surface area (Å²) in [6, 6.07) is 11.2. The van der Waals surface area contributed by atoms with Gasteiger partial charge in [-0.05, 0) is 38.2 Å². The van der Waals surface area contributed by atoms with E-state index in [4.69, 9.17) is 0 Å². The highest BCUT2D eigenvalue weighted by Gasteiger charge is 2.36. The average molecular weight is 549 g/mol. The molecular weight excluding hydrogens is 521 g/mol. The van der Waals surface area contributed by atoms with Crippen LogP contribution in [0, 0.1) is 0 Å². The molecule has 1 saturated heterocycles. The number of nitrogens with zero attached hydrogens (tertiary/aromatic N) is 5. The molecule has 0 radical (unpaired) electrons. The van der Waals surface area contributed by atoms with Crippen LogP contribution in [0.25, 0.3) is 33.3 Å². The number of imidazole rings is 1. The summed E-state index contributed by atoms with van der Waals surface area (Å²) in [5, 5.41) is 4.08. The van der Waals surface area contributed by atoms with E-state index in [2.05, 4.69) is 35.1 Å². The third-order valence-corrected chi connectivity index (χ3v) is 7.24. The number of aromatic amines is 2. The molecule has 1 fully saturated rings. The Morgan fingerprint density at radius 1 is 0.975 bits per heavy atom. The van der Waals surface area contributed by atoms with Crippen molar-refractivity contribution in [1.29, 1.82) is 0 Å². The van der Waals surface area contributed by atoms with Gasteiger partial charge < -0.3 is 25.1 Å². The summed E-state index contributed by atoms with van der Waals surface area (Å²) in [6.45, 7) is 4.14. The van der Waals surface area contributed by atoms with Crippen molar-refractivity contribution in [3.05, 3.63) is 76.6 Å². The second-order valence-corrected chi connectivity index (χ2v) is 9.98. The van der Waals surface area contributed by atoms with Crippen LogP contribution < -0.4 is 15.8 Å². The molecule has 206 valence electrons. The zero-order valence-electron chi connectivity index (χ0n) is 21.9. The number of fused-ring (bicyclic) bond motifs is 2. The predicted octanol–water partition coefficient (Wildman–Crippen LogP) is 4.81. The van der Waals surface area contributed by atoms with Crippen LogP contribution in [0.1, 0.15) is 24.4 Å². The largest absolute Gasteiger partial charge is 0.418 e. The first-order valence-electron chi connectivity index (χ1n) is 12.9. The Morgan fingerprint density at radius 2 is 1.70 bits per heavy atom. The van der Waals surface area contributed by atoms with E-state index in [-0.39, 0.29) is 28.6 Å². The minimum absolute atomic E-state index is 0.101. The minimum Gasteiger partial charge on any atom is -0.374 e. The van der Waals surface area contributed by atoms with Gasteiger partial charge in [0, 0.05) is 44.0 Å². The molecule has 12 heteroatoms. The first-order valence-corrected chi connectivity index (χ1v) is 12.9. The van der Waals surface area contributed by atoms with Crippen LogP contribution in [0.3, 0.4) is 0 Å². The molecule has 2 aromatic carbocycles. The fraction of sp³-hybridized carbons (Fsp3) is 0.286. The molecule has 0 aliphatic carbocycles. The van der Waals surface area contributed by atoms with Crippen molar-refractivity contribution in [1.82, 2.24) is 29.8 Å². The van der Waals surface area contributed by atoms with Gasteiger partial charge in [0.25, 0.3) is 5.56 Å². The molecule has 5 aromatic rings. The molecular formula is C28H27F3N8O. The highest BCUT2D eigenvalue weighted by Crippen LogP contribution is 2.40. The highest BCUT2D eigenvalue weighted by molar-refractivity contribution is 5.99. The summed E-state index contributed by atoms with van der Waals surface area (Å²) >= 11 is 0. The van der Waals surface area contributed by atoms with Crippen LogP contribution in [0.2, 0.25) is 0 Å². The molecule has 0 spiro atoms. The molecule has 0 saturated carbocycles. The van der Waals surface area contributed by atoms with Crippen molar-refractivity contribution in [2.45, 2.75) is 19.1 Å². The van der Waals surface area contributed by atoms with Gasteiger partial charge in [-0.15, -0.1) is 0 Å². The number of para-hydroxylation sites is 1. The number of anilines is 2. The van der Waals surface area contributed by atoms with Gasteiger partial charge >= 0.3 is 6.18 Å². The number of pyridine rings is 1. The fourth-order valence-corrected chi connectivity index (χ4v) is 5.13. The quantitative estimate of drug-likeness (QED) is 0.290. The van der Waals surface area contributed by atoms with Crippen molar-refractivity contribution in [2.24, 2.45) is 0 Å². The Kier molecular flexibility index (Phi) is 6.41. The van der Waals surface area contributed by atoms with E-state index in [1.807, 2.05) is 32.2 Å². The molecule has 1 aliphatic heterocycles. The molecule has 3 N–H and O–H groups in total.